The standard InChI is InChI=1S/C21H13F4N3O3S/c22-14-8-10-16(11-9-14)28-20(29)18-7-2-1-6-17(18)19(26-28)13-4-3-5-15(12-13)27-32(30,31)21(23,24)25/h1-12,27H. The SMILES string of the molecule is O=c1c2ccccc2c(-c2cccc(NS(=O)(=O)C(F)(F)F)c2)nn1-c1ccc(F)cc1. The van der Waals surface area contributed by atoms with Gasteiger partial charge in [-0.15, -0.1) is 0 Å². The van der Waals surface area contributed by atoms with Crippen molar-refractivity contribution < 1.29 is 26.0 Å². The highest BCUT2D eigenvalue weighted by Gasteiger charge is 2.46. The predicted molar refractivity (Wildman–Crippen MR) is 111 cm³/mol. The first kappa shape index (κ1) is 21.5. The molecule has 0 spiro atoms. The first-order valence-corrected chi connectivity index (χ1v) is 10.5. The smallest absolute Gasteiger partial charge is 0.276 e. The monoisotopic (exact) mass is 463 g/mol. The first-order chi connectivity index (χ1) is 15.1. The van der Waals surface area contributed by atoms with Gasteiger partial charge in [-0.05, 0) is 42.5 Å². The number of alkyl halides is 3. The Hall–Kier alpha value is -3.73. The molecule has 1 N–H and O–H groups in total. The van der Waals surface area contributed by atoms with Crippen LogP contribution in [0, 0.1) is 5.82 Å². The van der Waals surface area contributed by atoms with Crippen molar-refractivity contribution in [1.82, 2.24) is 9.78 Å². The van der Waals surface area contributed by atoms with E-state index in [2.05, 4.69) is 5.10 Å². The Kier molecular flexibility index (Phi) is 5.21. The van der Waals surface area contributed by atoms with Gasteiger partial charge in [0.05, 0.1) is 16.8 Å². The summed E-state index contributed by atoms with van der Waals surface area (Å²) in [5.74, 6) is -0.507. The molecule has 0 radical (unpaired) electrons. The second-order valence-electron chi connectivity index (χ2n) is 6.72. The first-order valence-electron chi connectivity index (χ1n) is 9.04. The Labute approximate surface area is 178 Å². The lowest BCUT2D eigenvalue weighted by atomic mass is 10.0. The Morgan fingerprint density at radius 2 is 1.53 bits per heavy atom. The van der Waals surface area contributed by atoms with E-state index >= 15 is 0 Å². The van der Waals surface area contributed by atoms with Gasteiger partial charge in [-0.2, -0.15) is 31.4 Å². The molecular weight excluding hydrogens is 450 g/mol. The number of fused-ring (bicyclic) bond motifs is 1. The van der Waals surface area contributed by atoms with Gasteiger partial charge in [0.2, 0.25) is 0 Å². The molecule has 0 aliphatic heterocycles. The highest BCUT2D eigenvalue weighted by Crippen LogP contribution is 2.30. The average molecular weight is 463 g/mol. The van der Waals surface area contributed by atoms with Crippen LogP contribution in [0.5, 0.6) is 0 Å². The lowest BCUT2D eigenvalue weighted by Crippen LogP contribution is -2.29. The number of nitrogens with one attached hydrogen (secondary N) is 1. The molecule has 4 aromatic rings. The molecule has 6 nitrogen and oxygen atoms in total. The van der Waals surface area contributed by atoms with Crippen LogP contribution in [0.1, 0.15) is 0 Å². The molecule has 0 unspecified atom stereocenters. The average Bonchev–Trinajstić information content (AvgIpc) is 2.74. The zero-order valence-electron chi connectivity index (χ0n) is 16.0. The maximum atomic E-state index is 13.3. The largest absolute Gasteiger partial charge is 0.516 e. The van der Waals surface area contributed by atoms with E-state index in [1.54, 1.807) is 24.3 Å². The molecule has 1 aromatic heterocycles. The molecule has 0 atom stereocenters. The van der Waals surface area contributed by atoms with E-state index in [4.69, 9.17) is 0 Å². The number of aromatic nitrogens is 2. The number of halogens is 4. The molecule has 0 fully saturated rings. The van der Waals surface area contributed by atoms with Crippen molar-refractivity contribution in [3.63, 3.8) is 0 Å². The van der Waals surface area contributed by atoms with Crippen molar-refractivity contribution in [1.29, 1.82) is 0 Å². The predicted octanol–water partition coefficient (Wildman–Crippen LogP) is 4.45. The van der Waals surface area contributed by atoms with Gasteiger partial charge in [-0.1, -0.05) is 30.3 Å². The fraction of sp³-hybridized carbons (Fsp3) is 0.0476. The molecular formula is C21H13F4N3O3S. The number of hydrogen-bond donors (Lipinski definition) is 1. The molecule has 0 bridgehead atoms. The molecule has 0 amide bonds. The van der Waals surface area contributed by atoms with Gasteiger partial charge in [0.25, 0.3) is 5.56 Å². The minimum absolute atomic E-state index is 0.220. The number of anilines is 1. The van der Waals surface area contributed by atoms with Gasteiger partial charge < -0.3 is 0 Å². The van der Waals surface area contributed by atoms with Gasteiger partial charge in [0, 0.05) is 16.6 Å². The fourth-order valence-electron chi connectivity index (χ4n) is 3.10. The topological polar surface area (TPSA) is 81.1 Å². The summed E-state index contributed by atoms with van der Waals surface area (Å²) in [4.78, 5) is 13.0. The minimum Gasteiger partial charge on any atom is -0.276 e. The van der Waals surface area contributed by atoms with E-state index in [1.165, 1.54) is 35.1 Å². The Bertz CT molecular complexity index is 1480. The lowest BCUT2D eigenvalue weighted by molar-refractivity contribution is -0.0429. The third kappa shape index (κ3) is 3.94. The van der Waals surface area contributed by atoms with Gasteiger partial charge in [0.1, 0.15) is 5.82 Å². The van der Waals surface area contributed by atoms with Crippen LogP contribution in [0.3, 0.4) is 0 Å². The van der Waals surface area contributed by atoms with Crippen LogP contribution in [0.2, 0.25) is 0 Å². The second kappa shape index (κ2) is 7.75. The molecule has 4 rings (SSSR count). The summed E-state index contributed by atoms with van der Waals surface area (Å²) >= 11 is 0. The normalized spacial score (nSPS) is 12.1. The van der Waals surface area contributed by atoms with E-state index in [0.717, 1.165) is 22.9 Å². The second-order valence-corrected chi connectivity index (χ2v) is 8.39. The van der Waals surface area contributed by atoms with Crippen LogP contribution < -0.4 is 10.3 Å². The van der Waals surface area contributed by atoms with Crippen molar-refractivity contribution >= 4 is 26.5 Å². The molecule has 32 heavy (non-hydrogen) atoms. The zero-order chi connectivity index (χ0) is 23.1. The molecule has 164 valence electrons. The summed E-state index contributed by atoms with van der Waals surface area (Å²) in [5.41, 5.74) is -5.53. The fourth-order valence-corrected chi connectivity index (χ4v) is 3.66. The highest BCUT2D eigenvalue weighted by molar-refractivity contribution is 7.93. The minimum atomic E-state index is -5.62. The van der Waals surface area contributed by atoms with Crippen molar-refractivity contribution in [2.75, 3.05) is 4.72 Å². The van der Waals surface area contributed by atoms with Crippen LogP contribution in [0.25, 0.3) is 27.7 Å². The summed E-state index contributed by atoms with van der Waals surface area (Å²) in [5, 5.41) is 5.01. The molecule has 3 aromatic carbocycles. The van der Waals surface area contributed by atoms with Crippen LogP contribution in [-0.4, -0.2) is 23.7 Å². The van der Waals surface area contributed by atoms with Crippen molar-refractivity contribution in [2.45, 2.75) is 5.51 Å². The number of sulfonamides is 1. The molecule has 11 heteroatoms. The van der Waals surface area contributed by atoms with Crippen molar-refractivity contribution in [2.24, 2.45) is 0 Å². The van der Waals surface area contributed by atoms with Crippen LogP contribution in [0.15, 0.2) is 77.6 Å². The van der Waals surface area contributed by atoms with E-state index in [0.29, 0.717) is 5.39 Å². The van der Waals surface area contributed by atoms with E-state index < -0.39 is 26.9 Å². The van der Waals surface area contributed by atoms with E-state index in [-0.39, 0.29) is 28.0 Å². The number of rotatable bonds is 4. The van der Waals surface area contributed by atoms with Crippen molar-refractivity contribution in [3.05, 3.63) is 89.0 Å². The summed E-state index contributed by atoms with van der Waals surface area (Å²) in [6.45, 7) is 0. The van der Waals surface area contributed by atoms with Crippen molar-refractivity contribution in [3.8, 4) is 16.9 Å². The summed E-state index contributed by atoms with van der Waals surface area (Å²) in [7, 11) is -5.62. The lowest BCUT2D eigenvalue weighted by Gasteiger charge is -2.13. The molecule has 0 aliphatic rings. The zero-order valence-corrected chi connectivity index (χ0v) is 16.8. The number of benzene rings is 3. The summed E-state index contributed by atoms with van der Waals surface area (Å²) in [6, 6.07) is 16.7. The van der Waals surface area contributed by atoms with Crippen LogP contribution >= 0.6 is 0 Å². The molecule has 0 saturated carbocycles. The highest BCUT2D eigenvalue weighted by atomic mass is 32.2. The molecule has 1 heterocycles. The molecule has 0 saturated heterocycles. The van der Waals surface area contributed by atoms with Gasteiger partial charge in [-0.3, -0.25) is 9.52 Å². The van der Waals surface area contributed by atoms with E-state index in [1.807, 2.05) is 0 Å². The summed E-state index contributed by atoms with van der Waals surface area (Å²) in [6.07, 6.45) is 0. The molecule has 0 aliphatic carbocycles. The van der Waals surface area contributed by atoms with Crippen LogP contribution in [-0.2, 0) is 10.0 Å². The van der Waals surface area contributed by atoms with Crippen LogP contribution in [0.4, 0.5) is 23.2 Å². The Morgan fingerprint density at radius 1 is 0.875 bits per heavy atom. The number of hydrogen-bond acceptors (Lipinski definition) is 4. The Balaban J connectivity index is 1.91. The van der Waals surface area contributed by atoms with Gasteiger partial charge in [0.15, 0.2) is 0 Å². The van der Waals surface area contributed by atoms with Gasteiger partial charge in [-0.25, -0.2) is 4.39 Å². The number of nitrogens with zero attached hydrogens (tertiary/aromatic N) is 2. The Morgan fingerprint density at radius 3 is 2.19 bits per heavy atom. The third-order valence-electron chi connectivity index (χ3n) is 4.57. The maximum absolute atomic E-state index is 13.3. The summed E-state index contributed by atoms with van der Waals surface area (Å²) < 4.78 is 77.0. The van der Waals surface area contributed by atoms with Gasteiger partial charge >= 0.3 is 15.5 Å². The van der Waals surface area contributed by atoms with E-state index in [9.17, 15) is 30.8 Å². The third-order valence-corrected chi connectivity index (χ3v) is 5.68. The quantitative estimate of drug-likeness (QED) is 0.454. The maximum Gasteiger partial charge on any atom is 0.516 e.